The van der Waals surface area contributed by atoms with Crippen molar-refractivity contribution in [2.75, 3.05) is 6.61 Å². The predicted molar refractivity (Wildman–Crippen MR) is 62.5 cm³/mol. The molecule has 1 N–H and O–H groups in total. The molecule has 3 heteroatoms. The lowest BCUT2D eigenvalue weighted by molar-refractivity contribution is 0.335. The van der Waals surface area contributed by atoms with Crippen molar-refractivity contribution < 1.29 is 4.74 Å². The molecule has 1 aliphatic carbocycles. The summed E-state index contributed by atoms with van der Waals surface area (Å²) < 4.78 is 5.55. The third-order valence-electron chi connectivity index (χ3n) is 2.50. The van der Waals surface area contributed by atoms with E-state index < -0.39 is 0 Å². The van der Waals surface area contributed by atoms with Crippen LogP contribution in [0.3, 0.4) is 0 Å². The number of nitrogens with one attached hydrogen (secondary N) is 1. The Labute approximate surface area is 95.6 Å². The van der Waals surface area contributed by atoms with Crippen molar-refractivity contribution in [1.29, 1.82) is 0 Å². The minimum atomic E-state index is 0.653. The zero-order chi connectivity index (χ0) is 10.7. The Morgan fingerprint density at radius 2 is 2.27 bits per heavy atom. The van der Waals surface area contributed by atoms with Crippen LogP contribution in [-0.4, -0.2) is 12.6 Å². The van der Waals surface area contributed by atoms with Crippen LogP contribution in [0.15, 0.2) is 18.2 Å². The molecule has 2 rings (SSSR count). The molecular weight excluding hydrogens is 210 g/mol. The van der Waals surface area contributed by atoms with Crippen LogP contribution >= 0.6 is 11.6 Å². The molecule has 0 spiro atoms. The Morgan fingerprint density at radius 1 is 1.47 bits per heavy atom. The first-order chi connectivity index (χ1) is 7.31. The van der Waals surface area contributed by atoms with Gasteiger partial charge in [0.15, 0.2) is 0 Å². The van der Waals surface area contributed by atoms with Crippen molar-refractivity contribution in [3.63, 3.8) is 0 Å². The molecule has 0 unspecified atom stereocenters. The van der Waals surface area contributed by atoms with E-state index in [-0.39, 0.29) is 0 Å². The summed E-state index contributed by atoms with van der Waals surface area (Å²) in [6, 6.07) is 6.60. The third-order valence-corrected chi connectivity index (χ3v) is 2.79. The Bertz CT molecular complexity index is 336. The topological polar surface area (TPSA) is 21.3 Å². The van der Waals surface area contributed by atoms with Gasteiger partial charge in [-0.1, -0.05) is 23.7 Å². The maximum atomic E-state index is 6.09. The second-order valence-corrected chi connectivity index (χ2v) is 4.22. The molecule has 0 aromatic heterocycles. The Balaban J connectivity index is 2.08. The van der Waals surface area contributed by atoms with Gasteiger partial charge in [-0.2, -0.15) is 0 Å². The molecule has 0 saturated heterocycles. The van der Waals surface area contributed by atoms with Gasteiger partial charge in [-0.3, -0.25) is 0 Å². The van der Waals surface area contributed by atoms with Gasteiger partial charge in [0.1, 0.15) is 5.75 Å². The number of hydrogen-bond donors (Lipinski definition) is 1. The highest BCUT2D eigenvalue weighted by Crippen LogP contribution is 2.29. The summed E-state index contributed by atoms with van der Waals surface area (Å²) in [5.74, 6) is 0.829. The summed E-state index contributed by atoms with van der Waals surface area (Å²) in [5, 5.41) is 4.16. The van der Waals surface area contributed by atoms with Crippen molar-refractivity contribution in [1.82, 2.24) is 5.32 Å². The highest BCUT2D eigenvalue weighted by atomic mass is 35.5. The number of rotatable bonds is 5. The summed E-state index contributed by atoms with van der Waals surface area (Å²) >= 11 is 6.09. The van der Waals surface area contributed by atoms with E-state index in [9.17, 15) is 0 Å². The molecule has 0 bridgehead atoms. The lowest BCUT2D eigenvalue weighted by Gasteiger charge is -2.12. The van der Waals surface area contributed by atoms with E-state index >= 15 is 0 Å². The largest absolute Gasteiger partial charge is 0.492 e. The molecular formula is C12H16ClNO. The van der Waals surface area contributed by atoms with Crippen molar-refractivity contribution in [3.8, 4) is 5.75 Å². The number of para-hydroxylation sites is 1. The van der Waals surface area contributed by atoms with Crippen molar-refractivity contribution in [2.45, 2.75) is 32.4 Å². The summed E-state index contributed by atoms with van der Waals surface area (Å²) in [4.78, 5) is 0. The average Bonchev–Trinajstić information content (AvgIpc) is 3.03. The van der Waals surface area contributed by atoms with Crippen LogP contribution < -0.4 is 10.1 Å². The fraction of sp³-hybridized carbons (Fsp3) is 0.500. The molecule has 1 aromatic rings. The zero-order valence-corrected chi connectivity index (χ0v) is 9.68. The van der Waals surface area contributed by atoms with Gasteiger partial charge in [-0.25, -0.2) is 0 Å². The normalized spacial score (nSPS) is 15.3. The number of hydrogen-bond acceptors (Lipinski definition) is 2. The second-order valence-electron chi connectivity index (χ2n) is 3.82. The third kappa shape index (κ3) is 2.86. The summed E-state index contributed by atoms with van der Waals surface area (Å²) in [7, 11) is 0. The fourth-order valence-electron chi connectivity index (χ4n) is 1.54. The van der Waals surface area contributed by atoms with Gasteiger partial charge in [0.05, 0.1) is 11.6 Å². The molecule has 1 fully saturated rings. The molecule has 1 aliphatic rings. The minimum Gasteiger partial charge on any atom is -0.492 e. The van der Waals surface area contributed by atoms with Gasteiger partial charge in [0.2, 0.25) is 0 Å². The first-order valence-electron chi connectivity index (χ1n) is 5.45. The SMILES string of the molecule is CCOc1c(Cl)cccc1CNC1CC1. The Morgan fingerprint density at radius 3 is 2.93 bits per heavy atom. The molecule has 82 valence electrons. The maximum absolute atomic E-state index is 6.09. The fourth-order valence-corrected chi connectivity index (χ4v) is 1.79. The molecule has 0 atom stereocenters. The lowest BCUT2D eigenvalue weighted by Crippen LogP contribution is -2.16. The van der Waals surface area contributed by atoms with Crippen LogP contribution in [0.2, 0.25) is 5.02 Å². The van der Waals surface area contributed by atoms with Crippen molar-refractivity contribution in [3.05, 3.63) is 28.8 Å². The highest BCUT2D eigenvalue weighted by molar-refractivity contribution is 6.32. The van der Waals surface area contributed by atoms with Crippen LogP contribution in [-0.2, 0) is 6.54 Å². The zero-order valence-electron chi connectivity index (χ0n) is 8.92. The lowest BCUT2D eigenvalue weighted by atomic mass is 10.2. The first kappa shape index (κ1) is 10.8. The van der Waals surface area contributed by atoms with Gasteiger partial charge >= 0.3 is 0 Å². The van der Waals surface area contributed by atoms with Gasteiger partial charge in [0.25, 0.3) is 0 Å². The second kappa shape index (κ2) is 4.86. The van der Waals surface area contributed by atoms with Crippen LogP contribution in [0.4, 0.5) is 0 Å². The Hall–Kier alpha value is -0.730. The van der Waals surface area contributed by atoms with Gasteiger partial charge in [-0.05, 0) is 25.8 Å². The molecule has 1 aromatic carbocycles. The van der Waals surface area contributed by atoms with E-state index in [0.29, 0.717) is 17.7 Å². The van der Waals surface area contributed by atoms with E-state index in [1.54, 1.807) is 0 Å². The van der Waals surface area contributed by atoms with E-state index in [4.69, 9.17) is 16.3 Å². The van der Waals surface area contributed by atoms with Gasteiger partial charge in [0, 0.05) is 18.2 Å². The molecule has 0 radical (unpaired) electrons. The quantitative estimate of drug-likeness (QED) is 0.832. The van der Waals surface area contributed by atoms with Crippen LogP contribution in [0.25, 0.3) is 0 Å². The molecule has 0 heterocycles. The van der Waals surface area contributed by atoms with E-state index in [1.165, 1.54) is 12.8 Å². The highest BCUT2D eigenvalue weighted by Gasteiger charge is 2.20. The Kier molecular flexibility index (Phi) is 3.49. The van der Waals surface area contributed by atoms with E-state index in [0.717, 1.165) is 17.9 Å². The molecule has 15 heavy (non-hydrogen) atoms. The van der Waals surface area contributed by atoms with Crippen LogP contribution in [0.5, 0.6) is 5.75 Å². The van der Waals surface area contributed by atoms with Crippen LogP contribution in [0.1, 0.15) is 25.3 Å². The maximum Gasteiger partial charge on any atom is 0.142 e. The van der Waals surface area contributed by atoms with Crippen molar-refractivity contribution in [2.24, 2.45) is 0 Å². The smallest absolute Gasteiger partial charge is 0.142 e. The minimum absolute atomic E-state index is 0.653. The summed E-state index contributed by atoms with van der Waals surface area (Å²) in [5.41, 5.74) is 1.15. The summed E-state index contributed by atoms with van der Waals surface area (Å²) in [6.45, 7) is 3.47. The molecule has 2 nitrogen and oxygen atoms in total. The molecule has 1 saturated carbocycles. The molecule has 0 aliphatic heterocycles. The van der Waals surface area contributed by atoms with E-state index in [2.05, 4.69) is 11.4 Å². The van der Waals surface area contributed by atoms with Gasteiger partial charge in [-0.15, -0.1) is 0 Å². The number of ether oxygens (including phenoxy) is 1. The summed E-state index contributed by atoms with van der Waals surface area (Å²) in [6.07, 6.45) is 2.59. The van der Waals surface area contributed by atoms with E-state index in [1.807, 2.05) is 19.1 Å². The average molecular weight is 226 g/mol. The van der Waals surface area contributed by atoms with Gasteiger partial charge < -0.3 is 10.1 Å². The molecule has 0 amide bonds. The first-order valence-corrected chi connectivity index (χ1v) is 5.82. The predicted octanol–water partition coefficient (Wildman–Crippen LogP) is 2.99. The number of benzene rings is 1. The standard InChI is InChI=1S/C12H16ClNO/c1-2-15-12-9(4-3-5-11(12)13)8-14-10-6-7-10/h3-5,10,14H,2,6-8H2,1H3. The number of halogens is 1. The van der Waals surface area contributed by atoms with Crippen molar-refractivity contribution >= 4 is 11.6 Å². The monoisotopic (exact) mass is 225 g/mol. The van der Waals surface area contributed by atoms with Crippen LogP contribution in [0, 0.1) is 0 Å².